The Balaban J connectivity index is 1.43. The molecule has 9 nitrogen and oxygen atoms in total. The monoisotopic (exact) mass is 486 g/mol. The van der Waals surface area contributed by atoms with Gasteiger partial charge in [-0.3, -0.25) is 4.79 Å². The smallest absolute Gasteiger partial charge is 0.465 e. The third-order valence-corrected chi connectivity index (χ3v) is 4.72. The van der Waals surface area contributed by atoms with Gasteiger partial charge in [-0.15, -0.1) is 13.2 Å². The average molecular weight is 486 g/mol. The second-order valence-electron chi connectivity index (χ2n) is 7.13. The van der Waals surface area contributed by atoms with Gasteiger partial charge in [-0.2, -0.15) is 4.98 Å². The number of hydrogen-bond acceptors (Lipinski definition) is 7. The Bertz CT molecular complexity index is 1330. The van der Waals surface area contributed by atoms with Crippen molar-refractivity contribution in [3.8, 4) is 28.7 Å². The normalized spacial score (nSPS) is 11.2. The summed E-state index contributed by atoms with van der Waals surface area (Å²) in [6, 6.07) is 14.6. The van der Waals surface area contributed by atoms with Gasteiger partial charge in [0.2, 0.25) is 11.7 Å². The number of carbonyl (C=O) groups is 2. The molecule has 0 bridgehead atoms. The molecular weight excluding hydrogens is 469 g/mol. The van der Waals surface area contributed by atoms with E-state index in [2.05, 4.69) is 24.9 Å². The van der Waals surface area contributed by atoms with E-state index >= 15 is 0 Å². The van der Waals surface area contributed by atoms with Crippen LogP contribution in [0.2, 0.25) is 0 Å². The number of halogens is 3. The first kappa shape index (κ1) is 23.5. The number of esters is 1. The quantitative estimate of drug-likeness (QED) is 0.383. The minimum Gasteiger partial charge on any atom is -0.465 e. The van der Waals surface area contributed by atoms with Crippen molar-refractivity contribution in [3.63, 3.8) is 0 Å². The van der Waals surface area contributed by atoms with Crippen LogP contribution in [0.5, 0.6) is 5.75 Å². The summed E-state index contributed by atoms with van der Waals surface area (Å²) in [4.78, 5) is 28.3. The SMILES string of the molecule is COC(=O)c1ccc(NC(=O)Cn2cccc2-c2nc(-c3ccc(OC(F)(F)F)cc3)no2)cc1. The van der Waals surface area contributed by atoms with Gasteiger partial charge in [-0.25, -0.2) is 4.79 Å². The minimum absolute atomic E-state index is 0.0672. The Kier molecular flexibility index (Phi) is 6.53. The Hall–Kier alpha value is -4.61. The fourth-order valence-electron chi connectivity index (χ4n) is 3.16. The highest BCUT2D eigenvalue weighted by molar-refractivity contribution is 5.93. The molecule has 0 saturated carbocycles. The van der Waals surface area contributed by atoms with Gasteiger partial charge >= 0.3 is 12.3 Å². The molecule has 0 spiro atoms. The van der Waals surface area contributed by atoms with E-state index in [1.54, 1.807) is 35.0 Å². The summed E-state index contributed by atoms with van der Waals surface area (Å²) in [5, 5.41) is 6.59. The van der Waals surface area contributed by atoms with Crippen LogP contribution in [0.4, 0.5) is 18.9 Å². The zero-order chi connectivity index (χ0) is 25.0. The molecule has 1 N–H and O–H groups in total. The van der Waals surface area contributed by atoms with Crippen LogP contribution >= 0.6 is 0 Å². The maximum atomic E-state index is 12.5. The van der Waals surface area contributed by atoms with Crippen LogP contribution in [0.25, 0.3) is 23.0 Å². The zero-order valence-corrected chi connectivity index (χ0v) is 18.1. The van der Waals surface area contributed by atoms with Crippen LogP contribution in [0.3, 0.4) is 0 Å². The van der Waals surface area contributed by atoms with E-state index in [0.29, 0.717) is 22.5 Å². The summed E-state index contributed by atoms with van der Waals surface area (Å²) in [6.07, 6.45) is -3.13. The molecule has 0 atom stereocenters. The number of hydrogen-bond donors (Lipinski definition) is 1. The molecule has 0 aliphatic carbocycles. The molecule has 12 heteroatoms. The lowest BCUT2D eigenvalue weighted by Gasteiger charge is -2.08. The number of carbonyl (C=O) groups excluding carboxylic acids is 2. The number of benzene rings is 2. The van der Waals surface area contributed by atoms with Crippen molar-refractivity contribution in [3.05, 3.63) is 72.4 Å². The van der Waals surface area contributed by atoms with Crippen molar-refractivity contribution < 1.29 is 36.8 Å². The van der Waals surface area contributed by atoms with Gasteiger partial charge in [-0.1, -0.05) is 5.16 Å². The lowest BCUT2D eigenvalue weighted by atomic mass is 10.2. The Labute approximate surface area is 196 Å². The Morgan fingerprint density at radius 2 is 1.77 bits per heavy atom. The number of methoxy groups -OCH3 is 1. The van der Waals surface area contributed by atoms with Crippen LogP contribution in [-0.4, -0.2) is 40.1 Å². The molecule has 180 valence electrons. The van der Waals surface area contributed by atoms with E-state index < -0.39 is 12.3 Å². The molecule has 0 radical (unpaired) electrons. The van der Waals surface area contributed by atoms with Crippen LogP contribution in [0.1, 0.15) is 10.4 Å². The van der Waals surface area contributed by atoms with Gasteiger partial charge in [0, 0.05) is 17.4 Å². The molecule has 1 amide bonds. The molecule has 0 aliphatic rings. The maximum absolute atomic E-state index is 12.5. The third-order valence-electron chi connectivity index (χ3n) is 4.72. The predicted molar refractivity (Wildman–Crippen MR) is 116 cm³/mol. The van der Waals surface area contributed by atoms with E-state index in [-0.39, 0.29) is 29.9 Å². The summed E-state index contributed by atoms with van der Waals surface area (Å²) >= 11 is 0. The molecular formula is C23H17F3N4O5. The number of alkyl halides is 3. The second-order valence-corrected chi connectivity index (χ2v) is 7.13. The van der Waals surface area contributed by atoms with Gasteiger partial charge in [0.25, 0.3) is 5.89 Å². The fraction of sp³-hybridized carbons (Fsp3) is 0.130. The van der Waals surface area contributed by atoms with Crippen molar-refractivity contribution in [1.82, 2.24) is 14.7 Å². The highest BCUT2D eigenvalue weighted by Gasteiger charge is 2.31. The average Bonchev–Trinajstić information content (AvgIpc) is 3.48. The predicted octanol–water partition coefficient (Wildman–Crippen LogP) is 4.53. The van der Waals surface area contributed by atoms with Crippen molar-refractivity contribution in [2.45, 2.75) is 12.9 Å². The standard InChI is InChI=1S/C23H17F3N4O5/c1-33-22(32)15-4-8-16(9-5-15)27-19(31)13-30-12-2-3-18(30)21-28-20(29-35-21)14-6-10-17(11-7-14)34-23(24,25)26/h2-12H,13H2,1H3,(H,27,31). The van der Waals surface area contributed by atoms with Gasteiger partial charge < -0.3 is 23.9 Å². The van der Waals surface area contributed by atoms with Crippen LogP contribution < -0.4 is 10.1 Å². The lowest BCUT2D eigenvalue weighted by molar-refractivity contribution is -0.274. The molecule has 0 aliphatic heterocycles. The largest absolute Gasteiger partial charge is 0.573 e. The number of amides is 1. The molecule has 2 aromatic carbocycles. The molecule has 2 aromatic heterocycles. The van der Waals surface area contributed by atoms with Gasteiger partial charge in [0.15, 0.2) is 0 Å². The molecule has 0 fully saturated rings. The topological polar surface area (TPSA) is 108 Å². The molecule has 4 rings (SSSR count). The third kappa shape index (κ3) is 5.85. The molecule has 35 heavy (non-hydrogen) atoms. The summed E-state index contributed by atoms with van der Waals surface area (Å²) in [6.45, 7) is -0.0672. The minimum atomic E-state index is -4.79. The van der Waals surface area contributed by atoms with Crippen LogP contribution in [-0.2, 0) is 16.1 Å². The summed E-state index contributed by atoms with van der Waals surface area (Å²) in [5.74, 6) is -0.917. The van der Waals surface area contributed by atoms with Crippen LogP contribution in [0.15, 0.2) is 71.4 Å². The van der Waals surface area contributed by atoms with E-state index in [0.717, 1.165) is 12.1 Å². The Morgan fingerprint density at radius 1 is 1.06 bits per heavy atom. The van der Waals surface area contributed by atoms with Crippen molar-refractivity contribution in [2.24, 2.45) is 0 Å². The highest BCUT2D eigenvalue weighted by atomic mass is 19.4. The first-order valence-corrected chi connectivity index (χ1v) is 10.1. The van der Waals surface area contributed by atoms with Gasteiger partial charge in [0.05, 0.1) is 12.7 Å². The van der Waals surface area contributed by atoms with Crippen molar-refractivity contribution in [1.29, 1.82) is 0 Å². The number of anilines is 1. The fourth-order valence-corrected chi connectivity index (χ4v) is 3.16. The number of nitrogens with zero attached hydrogens (tertiary/aromatic N) is 3. The maximum Gasteiger partial charge on any atom is 0.573 e. The van der Waals surface area contributed by atoms with E-state index in [1.165, 1.54) is 31.4 Å². The first-order valence-electron chi connectivity index (χ1n) is 10.1. The van der Waals surface area contributed by atoms with Crippen molar-refractivity contribution in [2.75, 3.05) is 12.4 Å². The van der Waals surface area contributed by atoms with Gasteiger partial charge in [-0.05, 0) is 60.7 Å². The van der Waals surface area contributed by atoms with Gasteiger partial charge in [0.1, 0.15) is 18.0 Å². The Morgan fingerprint density at radius 3 is 2.43 bits per heavy atom. The number of nitrogens with one attached hydrogen (secondary N) is 1. The highest BCUT2D eigenvalue weighted by Crippen LogP contribution is 2.27. The van der Waals surface area contributed by atoms with Crippen LogP contribution in [0, 0.1) is 0 Å². The molecule has 0 saturated heterocycles. The van der Waals surface area contributed by atoms with E-state index in [4.69, 9.17) is 4.52 Å². The molecule has 0 unspecified atom stereocenters. The number of rotatable bonds is 7. The van der Waals surface area contributed by atoms with E-state index in [1.807, 2.05) is 0 Å². The lowest BCUT2D eigenvalue weighted by Crippen LogP contribution is -2.18. The first-order chi connectivity index (χ1) is 16.7. The summed E-state index contributed by atoms with van der Waals surface area (Å²) in [7, 11) is 1.28. The number of ether oxygens (including phenoxy) is 2. The summed E-state index contributed by atoms with van der Waals surface area (Å²) < 4.78 is 52.3. The van der Waals surface area contributed by atoms with E-state index in [9.17, 15) is 22.8 Å². The zero-order valence-electron chi connectivity index (χ0n) is 18.1. The van der Waals surface area contributed by atoms with Crippen molar-refractivity contribution >= 4 is 17.6 Å². The molecule has 4 aromatic rings. The molecule has 2 heterocycles. The number of aromatic nitrogens is 3. The second kappa shape index (κ2) is 9.71. The summed E-state index contributed by atoms with van der Waals surface area (Å²) in [5.41, 5.74) is 1.74.